The first kappa shape index (κ1) is 14.2. The molecule has 0 unspecified atom stereocenters. The van der Waals surface area contributed by atoms with E-state index in [1.54, 1.807) is 0 Å². The number of aromatic amines is 1. The number of aromatic nitrogens is 2. The normalized spacial score (nSPS) is 11.4. The van der Waals surface area contributed by atoms with Crippen molar-refractivity contribution >= 4 is 29.0 Å². The quantitative estimate of drug-likeness (QED) is 0.797. The molecule has 9 heteroatoms. The highest BCUT2D eigenvalue weighted by molar-refractivity contribution is 6.34. The van der Waals surface area contributed by atoms with Crippen LogP contribution in [0.2, 0.25) is 5.02 Å². The number of H-pyrrole nitrogens is 1. The fourth-order valence-electron chi connectivity index (χ4n) is 1.44. The lowest BCUT2D eigenvalue weighted by atomic mass is 10.2. The number of hydrogen-bond acceptors (Lipinski definition) is 3. The first-order valence-electron chi connectivity index (χ1n) is 5.26. The van der Waals surface area contributed by atoms with E-state index in [1.165, 1.54) is 6.07 Å². The van der Waals surface area contributed by atoms with Crippen molar-refractivity contribution in [2.45, 2.75) is 6.18 Å². The largest absolute Gasteiger partial charge is 0.416 e. The van der Waals surface area contributed by atoms with Gasteiger partial charge in [0, 0.05) is 6.07 Å². The number of alkyl halides is 3. The highest BCUT2D eigenvalue weighted by atomic mass is 35.5. The highest BCUT2D eigenvalue weighted by Crippen LogP contribution is 2.33. The van der Waals surface area contributed by atoms with Crippen LogP contribution >= 0.6 is 11.6 Å². The first-order chi connectivity index (χ1) is 9.27. The highest BCUT2D eigenvalue weighted by Gasteiger charge is 2.31. The summed E-state index contributed by atoms with van der Waals surface area (Å²) in [6, 6.07) is 3.91. The Morgan fingerprint density at radius 3 is 2.55 bits per heavy atom. The molecule has 106 valence electrons. The van der Waals surface area contributed by atoms with Gasteiger partial charge in [0.25, 0.3) is 5.91 Å². The summed E-state index contributed by atoms with van der Waals surface area (Å²) < 4.78 is 37.4. The van der Waals surface area contributed by atoms with Crippen LogP contribution in [-0.2, 0) is 6.18 Å². The summed E-state index contributed by atoms with van der Waals surface area (Å²) in [6.45, 7) is 0. The van der Waals surface area contributed by atoms with E-state index >= 15 is 0 Å². The van der Waals surface area contributed by atoms with Crippen LogP contribution in [0, 0.1) is 0 Å². The van der Waals surface area contributed by atoms with Crippen molar-refractivity contribution in [1.82, 2.24) is 10.2 Å². The van der Waals surface area contributed by atoms with Gasteiger partial charge in [0.15, 0.2) is 0 Å². The Hall–Kier alpha value is -2.22. The number of hydrogen-bond donors (Lipinski definition) is 3. The minimum absolute atomic E-state index is 0.0536. The predicted molar refractivity (Wildman–Crippen MR) is 67.4 cm³/mol. The molecule has 1 amide bonds. The fraction of sp³-hybridized carbons (Fsp3) is 0.0909. The van der Waals surface area contributed by atoms with Gasteiger partial charge in [-0.2, -0.15) is 18.3 Å². The number of carbonyl (C=O) groups is 1. The van der Waals surface area contributed by atoms with Crippen LogP contribution in [0.1, 0.15) is 16.1 Å². The Kier molecular flexibility index (Phi) is 3.58. The summed E-state index contributed by atoms with van der Waals surface area (Å²) in [4.78, 5) is 11.7. The molecule has 2 aromatic rings. The first-order valence-corrected chi connectivity index (χ1v) is 5.64. The van der Waals surface area contributed by atoms with E-state index in [0.29, 0.717) is 0 Å². The van der Waals surface area contributed by atoms with Crippen LogP contribution in [0.3, 0.4) is 0 Å². The van der Waals surface area contributed by atoms with Gasteiger partial charge in [-0.15, -0.1) is 0 Å². The van der Waals surface area contributed by atoms with Crippen molar-refractivity contribution in [3.63, 3.8) is 0 Å². The molecule has 0 bridgehead atoms. The lowest BCUT2D eigenvalue weighted by Crippen LogP contribution is -2.13. The van der Waals surface area contributed by atoms with Gasteiger partial charge < -0.3 is 11.1 Å². The maximum absolute atomic E-state index is 12.5. The van der Waals surface area contributed by atoms with Gasteiger partial charge >= 0.3 is 6.18 Å². The Morgan fingerprint density at radius 1 is 1.35 bits per heavy atom. The van der Waals surface area contributed by atoms with Crippen molar-refractivity contribution in [3.8, 4) is 0 Å². The van der Waals surface area contributed by atoms with Gasteiger partial charge in [-0.05, 0) is 18.2 Å². The molecule has 0 radical (unpaired) electrons. The third-order valence-corrected chi connectivity index (χ3v) is 2.70. The summed E-state index contributed by atoms with van der Waals surface area (Å²) >= 11 is 5.71. The van der Waals surface area contributed by atoms with E-state index in [-0.39, 0.29) is 22.2 Å². The molecule has 0 saturated carbocycles. The molecule has 0 aliphatic heterocycles. The molecule has 2 rings (SSSR count). The second-order valence-corrected chi connectivity index (χ2v) is 4.26. The molecule has 1 aromatic carbocycles. The van der Waals surface area contributed by atoms with Gasteiger partial charge in [0.1, 0.15) is 11.5 Å². The van der Waals surface area contributed by atoms with Gasteiger partial charge in [0.2, 0.25) is 0 Å². The zero-order valence-corrected chi connectivity index (χ0v) is 10.5. The summed E-state index contributed by atoms with van der Waals surface area (Å²) in [5.41, 5.74) is 4.56. The average molecular weight is 305 g/mol. The molecule has 0 aliphatic rings. The Morgan fingerprint density at radius 2 is 2.05 bits per heavy atom. The molecule has 0 aliphatic carbocycles. The monoisotopic (exact) mass is 304 g/mol. The van der Waals surface area contributed by atoms with Crippen LogP contribution in [-0.4, -0.2) is 16.1 Å². The maximum atomic E-state index is 12.5. The van der Waals surface area contributed by atoms with Gasteiger partial charge in [-0.25, -0.2) is 0 Å². The molecular weight excluding hydrogens is 297 g/mol. The second-order valence-electron chi connectivity index (χ2n) is 3.85. The number of nitrogen functional groups attached to an aromatic ring is 1. The number of amides is 1. The number of rotatable bonds is 2. The standard InChI is InChI=1S/C11H8ClF3N4O/c12-6-3-5(11(13,14)15)1-2-7(6)17-10(20)8-4-9(16)19-18-8/h1-4H,(H,17,20)(H3,16,18,19). The Labute approximate surface area is 115 Å². The number of nitrogens with two attached hydrogens (primary N) is 1. The zero-order chi connectivity index (χ0) is 14.9. The number of nitrogens with zero attached hydrogens (tertiary/aromatic N) is 1. The van der Waals surface area contributed by atoms with Crippen LogP contribution in [0.5, 0.6) is 0 Å². The number of halogens is 4. The summed E-state index contributed by atoms with van der Waals surface area (Å²) in [5.74, 6) is -0.496. The van der Waals surface area contributed by atoms with Gasteiger partial charge in [-0.1, -0.05) is 11.6 Å². The maximum Gasteiger partial charge on any atom is 0.416 e. The predicted octanol–water partition coefficient (Wildman–Crippen LogP) is 2.92. The lowest BCUT2D eigenvalue weighted by Gasteiger charge is -2.10. The third kappa shape index (κ3) is 3.02. The third-order valence-electron chi connectivity index (χ3n) is 2.39. The van der Waals surface area contributed by atoms with Crippen LogP contribution in [0.25, 0.3) is 0 Å². The van der Waals surface area contributed by atoms with Crippen LogP contribution < -0.4 is 11.1 Å². The van der Waals surface area contributed by atoms with E-state index in [0.717, 1.165) is 18.2 Å². The zero-order valence-electron chi connectivity index (χ0n) is 9.75. The van der Waals surface area contributed by atoms with Gasteiger partial charge in [-0.3, -0.25) is 9.89 Å². The molecule has 5 nitrogen and oxygen atoms in total. The van der Waals surface area contributed by atoms with Crippen molar-refractivity contribution < 1.29 is 18.0 Å². The fourth-order valence-corrected chi connectivity index (χ4v) is 1.66. The molecular formula is C11H8ClF3N4O. The summed E-state index contributed by atoms with van der Waals surface area (Å²) in [6.07, 6.45) is -4.50. The molecule has 1 aromatic heterocycles. The van der Waals surface area contributed by atoms with Crippen molar-refractivity contribution in [2.24, 2.45) is 0 Å². The van der Waals surface area contributed by atoms with E-state index < -0.39 is 17.6 Å². The number of nitrogens with one attached hydrogen (secondary N) is 2. The number of anilines is 2. The van der Waals surface area contributed by atoms with E-state index in [4.69, 9.17) is 17.3 Å². The molecule has 0 spiro atoms. The Bertz CT molecular complexity index is 653. The summed E-state index contributed by atoms with van der Waals surface area (Å²) in [5, 5.41) is 8.06. The van der Waals surface area contributed by atoms with Crippen molar-refractivity contribution in [1.29, 1.82) is 0 Å². The van der Waals surface area contributed by atoms with E-state index in [9.17, 15) is 18.0 Å². The van der Waals surface area contributed by atoms with E-state index in [1.807, 2.05) is 0 Å². The van der Waals surface area contributed by atoms with Crippen molar-refractivity contribution in [2.75, 3.05) is 11.1 Å². The topological polar surface area (TPSA) is 83.8 Å². The number of carbonyl (C=O) groups excluding carboxylic acids is 1. The SMILES string of the molecule is Nc1cc(C(=O)Nc2ccc(C(F)(F)F)cc2Cl)[nH]n1. The van der Waals surface area contributed by atoms with E-state index in [2.05, 4.69) is 15.5 Å². The molecule has 0 atom stereocenters. The minimum atomic E-state index is -4.50. The average Bonchev–Trinajstić information content (AvgIpc) is 2.77. The van der Waals surface area contributed by atoms with Gasteiger partial charge in [0.05, 0.1) is 16.3 Å². The minimum Gasteiger partial charge on any atom is -0.382 e. The molecule has 4 N–H and O–H groups in total. The molecule has 1 heterocycles. The van der Waals surface area contributed by atoms with Crippen molar-refractivity contribution in [3.05, 3.63) is 40.5 Å². The molecule has 20 heavy (non-hydrogen) atoms. The molecule has 0 fully saturated rings. The Balaban J connectivity index is 2.20. The lowest BCUT2D eigenvalue weighted by molar-refractivity contribution is -0.137. The second kappa shape index (κ2) is 5.04. The summed E-state index contributed by atoms with van der Waals surface area (Å²) in [7, 11) is 0. The van der Waals surface area contributed by atoms with Crippen LogP contribution in [0.4, 0.5) is 24.7 Å². The molecule has 0 saturated heterocycles. The number of benzene rings is 1. The smallest absolute Gasteiger partial charge is 0.382 e. The van der Waals surface area contributed by atoms with Crippen LogP contribution in [0.15, 0.2) is 24.3 Å².